The summed E-state index contributed by atoms with van der Waals surface area (Å²) in [6.45, 7) is 4.27. The van der Waals surface area contributed by atoms with Crippen molar-refractivity contribution in [2.75, 3.05) is 0 Å². The standard InChI is InChI=1S/C21H22BrN3O2/c1-21(2,13-3-7-16(8-4-13)25(26)27)24-15-6-10-20-18(12-15)17-11-14(22)5-9-19(17)23-20/h3-5,7-9,11,15,23-24H,6,10,12H2,1-2H3/t15-/m0/s1. The minimum absolute atomic E-state index is 0.126. The van der Waals surface area contributed by atoms with Crippen LogP contribution in [0.1, 0.15) is 37.1 Å². The largest absolute Gasteiger partial charge is 0.358 e. The number of H-pyrrole nitrogens is 1. The molecule has 0 unspecified atom stereocenters. The lowest BCUT2D eigenvalue weighted by Crippen LogP contribution is -2.46. The van der Waals surface area contributed by atoms with Crippen LogP contribution in [0.2, 0.25) is 0 Å². The van der Waals surface area contributed by atoms with Gasteiger partial charge in [-0.25, -0.2) is 0 Å². The van der Waals surface area contributed by atoms with Gasteiger partial charge in [-0.1, -0.05) is 28.1 Å². The fourth-order valence-corrected chi connectivity index (χ4v) is 4.47. The van der Waals surface area contributed by atoms with E-state index in [1.54, 1.807) is 12.1 Å². The van der Waals surface area contributed by atoms with Gasteiger partial charge in [-0.2, -0.15) is 0 Å². The molecule has 1 aliphatic carbocycles. The second-order valence-corrected chi connectivity index (χ2v) is 8.70. The number of aromatic amines is 1. The molecule has 1 aromatic heterocycles. The zero-order chi connectivity index (χ0) is 19.2. The number of aryl methyl sites for hydroxylation is 1. The van der Waals surface area contributed by atoms with E-state index in [-0.39, 0.29) is 16.1 Å². The third-order valence-electron chi connectivity index (χ3n) is 5.51. The van der Waals surface area contributed by atoms with E-state index in [9.17, 15) is 10.1 Å². The molecule has 0 fully saturated rings. The topological polar surface area (TPSA) is 71.0 Å². The van der Waals surface area contributed by atoms with E-state index in [0.29, 0.717) is 6.04 Å². The Balaban J connectivity index is 1.56. The summed E-state index contributed by atoms with van der Waals surface area (Å²) in [6, 6.07) is 13.6. The lowest BCUT2D eigenvalue weighted by Gasteiger charge is -2.34. The van der Waals surface area contributed by atoms with Crippen LogP contribution < -0.4 is 5.32 Å². The van der Waals surface area contributed by atoms with Gasteiger partial charge in [-0.05, 0) is 62.4 Å². The van der Waals surface area contributed by atoms with Crippen LogP contribution in [-0.4, -0.2) is 15.9 Å². The van der Waals surface area contributed by atoms with Crippen LogP contribution >= 0.6 is 15.9 Å². The highest BCUT2D eigenvalue weighted by atomic mass is 79.9. The molecule has 140 valence electrons. The quantitative estimate of drug-likeness (QED) is 0.442. The van der Waals surface area contributed by atoms with E-state index in [1.165, 1.54) is 22.2 Å². The third kappa shape index (κ3) is 3.51. The van der Waals surface area contributed by atoms with Gasteiger partial charge in [0.05, 0.1) is 4.92 Å². The van der Waals surface area contributed by atoms with Crippen molar-refractivity contribution in [1.29, 1.82) is 0 Å². The predicted molar refractivity (Wildman–Crippen MR) is 111 cm³/mol. The monoisotopic (exact) mass is 427 g/mol. The Labute approximate surface area is 166 Å². The van der Waals surface area contributed by atoms with Gasteiger partial charge in [-0.3, -0.25) is 10.1 Å². The summed E-state index contributed by atoms with van der Waals surface area (Å²) in [5.41, 5.74) is 4.85. The van der Waals surface area contributed by atoms with Crippen LogP contribution in [0.25, 0.3) is 10.9 Å². The number of rotatable bonds is 4. The van der Waals surface area contributed by atoms with Crippen LogP contribution in [0.5, 0.6) is 0 Å². The van der Waals surface area contributed by atoms with Gasteiger partial charge in [-0.15, -0.1) is 0 Å². The number of fused-ring (bicyclic) bond motifs is 3. The second kappa shape index (κ2) is 6.77. The Hall–Kier alpha value is -2.18. The number of nitrogens with one attached hydrogen (secondary N) is 2. The first kappa shape index (κ1) is 18.2. The molecule has 0 saturated carbocycles. The minimum Gasteiger partial charge on any atom is -0.358 e. The highest BCUT2D eigenvalue weighted by Crippen LogP contribution is 2.33. The maximum absolute atomic E-state index is 10.9. The summed E-state index contributed by atoms with van der Waals surface area (Å²) >= 11 is 3.58. The van der Waals surface area contributed by atoms with Gasteiger partial charge in [0, 0.05) is 44.8 Å². The number of halogens is 1. The predicted octanol–water partition coefficient (Wildman–Crippen LogP) is 5.22. The molecule has 5 nitrogen and oxygen atoms in total. The average Bonchev–Trinajstić information content (AvgIpc) is 2.99. The van der Waals surface area contributed by atoms with Crippen molar-refractivity contribution in [2.24, 2.45) is 0 Å². The summed E-state index contributed by atoms with van der Waals surface area (Å²) in [4.78, 5) is 14.1. The number of aromatic nitrogens is 1. The fourth-order valence-electron chi connectivity index (χ4n) is 4.11. The van der Waals surface area contributed by atoms with Gasteiger partial charge in [0.15, 0.2) is 0 Å². The first-order chi connectivity index (χ1) is 12.8. The molecule has 0 radical (unpaired) electrons. The molecule has 0 spiro atoms. The molecule has 0 amide bonds. The van der Waals surface area contributed by atoms with Gasteiger partial charge in [0.2, 0.25) is 0 Å². The molecule has 3 aromatic rings. The number of nitro benzene ring substituents is 1. The Bertz CT molecular complexity index is 1010. The van der Waals surface area contributed by atoms with Crippen molar-refractivity contribution in [2.45, 2.75) is 44.7 Å². The molecule has 27 heavy (non-hydrogen) atoms. The first-order valence-corrected chi connectivity index (χ1v) is 9.94. The van der Waals surface area contributed by atoms with E-state index in [4.69, 9.17) is 0 Å². The lowest BCUT2D eigenvalue weighted by molar-refractivity contribution is -0.384. The van der Waals surface area contributed by atoms with E-state index in [2.05, 4.69) is 58.3 Å². The summed E-state index contributed by atoms with van der Waals surface area (Å²) in [5.74, 6) is 0. The minimum atomic E-state index is -0.359. The van der Waals surface area contributed by atoms with Crippen LogP contribution in [0.3, 0.4) is 0 Å². The van der Waals surface area contributed by atoms with Crippen molar-refractivity contribution in [1.82, 2.24) is 10.3 Å². The second-order valence-electron chi connectivity index (χ2n) is 7.79. The zero-order valence-corrected chi connectivity index (χ0v) is 17.0. The number of nitro groups is 1. The molecule has 2 aromatic carbocycles. The van der Waals surface area contributed by atoms with Gasteiger partial charge >= 0.3 is 0 Å². The summed E-state index contributed by atoms with van der Waals surface area (Å²) in [7, 11) is 0. The number of hydrogen-bond donors (Lipinski definition) is 2. The molecular formula is C21H22BrN3O2. The van der Waals surface area contributed by atoms with E-state index in [1.807, 2.05) is 12.1 Å². The zero-order valence-electron chi connectivity index (χ0n) is 15.4. The molecule has 1 atom stereocenters. The average molecular weight is 428 g/mol. The summed E-state index contributed by atoms with van der Waals surface area (Å²) in [5, 5.41) is 16.0. The Morgan fingerprint density at radius 1 is 1.22 bits per heavy atom. The molecule has 4 rings (SSSR count). The van der Waals surface area contributed by atoms with E-state index >= 15 is 0 Å². The Morgan fingerprint density at radius 3 is 2.67 bits per heavy atom. The smallest absolute Gasteiger partial charge is 0.269 e. The van der Waals surface area contributed by atoms with Crippen molar-refractivity contribution in [3.63, 3.8) is 0 Å². The number of hydrogen-bond acceptors (Lipinski definition) is 3. The van der Waals surface area contributed by atoms with E-state index in [0.717, 1.165) is 29.3 Å². The number of benzene rings is 2. The molecular weight excluding hydrogens is 406 g/mol. The van der Waals surface area contributed by atoms with Crippen molar-refractivity contribution < 1.29 is 4.92 Å². The van der Waals surface area contributed by atoms with Crippen LogP contribution in [0.15, 0.2) is 46.9 Å². The SMILES string of the molecule is CC(C)(N[C@H]1CCc2[nH]c3ccc(Br)cc3c2C1)c1ccc([N+](=O)[O-])cc1. The maximum atomic E-state index is 10.9. The molecule has 1 aliphatic rings. The van der Waals surface area contributed by atoms with Gasteiger partial charge in [0.25, 0.3) is 5.69 Å². The molecule has 0 bridgehead atoms. The Kier molecular flexibility index (Phi) is 4.56. The van der Waals surface area contributed by atoms with Gasteiger partial charge in [0.1, 0.15) is 0 Å². The van der Waals surface area contributed by atoms with Crippen molar-refractivity contribution in [3.8, 4) is 0 Å². The summed E-state index contributed by atoms with van der Waals surface area (Å²) < 4.78 is 1.10. The van der Waals surface area contributed by atoms with Crippen LogP contribution in [0.4, 0.5) is 5.69 Å². The normalized spacial score (nSPS) is 17.1. The fraction of sp³-hybridized carbons (Fsp3) is 0.333. The first-order valence-electron chi connectivity index (χ1n) is 9.15. The Morgan fingerprint density at radius 2 is 1.96 bits per heavy atom. The van der Waals surface area contributed by atoms with Crippen LogP contribution in [-0.2, 0) is 18.4 Å². The van der Waals surface area contributed by atoms with Crippen LogP contribution in [0, 0.1) is 10.1 Å². The number of non-ortho nitro benzene ring substituents is 1. The van der Waals surface area contributed by atoms with Gasteiger partial charge < -0.3 is 10.3 Å². The third-order valence-corrected chi connectivity index (χ3v) is 6.01. The molecule has 1 heterocycles. The molecule has 6 heteroatoms. The highest BCUT2D eigenvalue weighted by Gasteiger charge is 2.29. The van der Waals surface area contributed by atoms with E-state index < -0.39 is 0 Å². The highest BCUT2D eigenvalue weighted by molar-refractivity contribution is 9.10. The molecule has 0 saturated heterocycles. The van der Waals surface area contributed by atoms with Crippen molar-refractivity contribution in [3.05, 3.63) is 73.9 Å². The summed E-state index contributed by atoms with van der Waals surface area (Å²) in [6.07, 6.45) is 3.06. The molecule has 2 N–H and O–H groups in total. The number of nitrogens with zero attached hydrogens (tertiary/aromatic N) is 1. The van der Waals surface area contributed by atoms with Crippen molar-refractivity contribution >= 4 is 32.5 Å². The lowest BCUT2D eigenvalue weighted by atomic mass is 9.87. The maximum Gasteiger partial charge on any atom is 0.269 e. The molecule has 0 aliphatic heterocycles.